The van der Waals surface area contributed by atoms with Crippen LogP contribution in [0.5, 0.6) is 0 Å². The highest BCUT2D eigenvalue weighted by atomic mass is 79.9. The fourth-order valence-electron chi connectivity index (χ4n) is 5.14. The minimum Gasteiger partial charge on any atom is -0.407 e. The first-order valence-corrected chi connectivity index (χ1v) is 15.5. The third-order valence-electron chi connectivity index (χ3n) is 7.64. The van der Waals surface area contributed by atoms with Gasteiger partial charge in [-0.05, 0) is 119 Å². The van der Waals surface area contributed by atoms with Gasteiger partial charge in [0.05, 0.1) is 8.95 Å². The molecule has 0 fully saturated rings. The molecular formula is C32H32Br2NO2P. The van der Waals surface area contributed by atoms with Crippen LogP contribution in [-0.4, -0.2) is 0 Å². The van der Waals surface area contributed by atoms with Gasteiger partial charge in [-0.3, -0.25) is 0 Å². The van der Waals surface area contributed by atoms with Crippen LogP contribution >= 0.6 is 40.0 Å². The Morgan fingerprint density at radius 1 is 0.632 bits per heavy atom. The minimum absolute atomic E-state index is 0.0400. The largest absolute Gasteiger partial charge is 0.407 e. The second kappa shape index (κ2) is 11.1. The van der Waals surface area contributed by atoms with Gasteiger partial charge in [0.2, 0.25) is 0 Å². The van der Waals surface area contributed by atoms with Gasteiger partial charge in [0.25, 0.3) is 0 Å². The highest BCUT2D eigenvalue weighted by molar-refractivity contribution is 9.11. The summed E-state index contributed by atoms with van der Waals surface area (Å²) in [7, 11) is -1.56. The third kappa shape index (κ3) is 4.91. The summed E-state index contributed by atoms with van der Waals surface area (Å²) < 4.78 is 18.3. The molecule has 0 aliphatic heterocycles. The molecular weight excluding hydrogens is 621 g/mol. The van der Waals surface area contributed by atoms with Gasteiger partial charge in [0.1, 0.15) is 0 Å². The van der Waals surface area contributed by atoms with E-state index in [0.29, 0.717) is 0 Å². The maximum atomic E-state index is 7.00. The average Bonchev–Trinajstić information content (AvgIpc) is 3.10. The summed E-state index contributed by atoms with van der Waals surface area (Å²) in [4.78, 5) is 0. The molecule has 0 unspecified atom stereocenters. The lowest BCUT2D eigenvalue weighted by Gasteiger charge is -2.31. The Bertz CT molecular complexity index is 1540. The van der Waals surface area contributed by atoms with Crippen molar-refractivity contribution in [2.24, 2.45) is 0 Å². The van der Waals surface area contributed by atoms with Crippen LogP contribution in [-0.2, 0) is 0 Å². The number of hydrogen-bond acceptors (Lipinski definition) is 3. The van der Waals surface area contributed by atoms with Crippen LogP contribution in [0.4, 0.5) is 0 Å². The molecule has 0 amide bonds. The number of aryl methyl sites for hydroxylation is 4. The van der Waals surface area contributed by atoms with E-state index in [1.165, 1.54) is 33.4 Å². The number of halogens is 2. The normalized spacial score (nSPS) is 13.3. The van der Waals surface area contributed by atoms with E-state index in [1.807, 2.05) is 0 Å². The molecule has 1 aromatic heterocycles. The van der Waals surface area contributed by atoms with Crippen molar-refractivity contribution in [3.8, 4) is 0 Å². The van der Waals surface area contributed by atoms with E-state index in [2.05, 4.69) is 151 Å². The molecule has 0 aliphatic rings. The lowest BCUT2D eigenvalue weighted by molar-refractivity contribution is 0.557. The average molecular weight is 653 g/mol. The number of fused-ring (bicyclic) bond motifs is 3. The molecule has 5 aromatic rings. The first-order valence-electron chi connectivity index (χ1n) is 12.8. The topological polar surface area (TPSA) is 29.5 Å². The fourth-order valence-corrected chi connectivity index (χ4v) is 8.38. The standard InChI is InChI=1S/C32H32Br2NO2P/c1-19-17-27(33)31-29(21(19)3)30-22(4)20(2)18-28(34)32(30)37-38(36-31)35(23(5)25-13-9-7-10-14-25)24(6)26-15-11-8-12-16-26/h7-18,23-24H,1-6H3/t23-,24-/m1/s1. The zero-order valence-corrected chi connectivity index (χ0v) is 26.6. The minimum atomic E-state index is -1.56. The molecule has 0 saturated heterocycles. The van der Waals surface area contributed by atoms with Gasteiger partial charge in [-0.2, -0.15) is 4.67 Å². The first kappa shape index (κ1) is 27.3. The predicted molar refractivity (Wildman–Crippen MR) is 169 cm³/mol. The fraction of sp³-hybridized carbons (Fsp3) is 0.250. The van der Waals surface area contributed by atoms with E-state index in [4.69, 9.17) is 8.39 Å². The Balaban J connectivity index is 1.92. The van der Waals surface area contributed by atoms with Gasteiger partial charge in [-0.15, -0.1) is 0 Å². The van der Waals surface area contributed by atoms with Crippen molar-refractivity contribution in [3.05, 3.63) is 115 Å². The summed E-state index contributed by atoms with van der Waals surface area (Å²) in [5.41, 5.74) is 8.92. The highest BCUT2D eigenvalue weighted by Gasteiger charge is 2.30. The highest BCUT2D eigenvalue weighted by Crippen LogP contribution is 2.49. The maximum Gasteiger partial charge on any atom is 0.310 e. The second-order valence-electron chi connectivity index (χ2n) is 9.98. The Kier molecular flexibility index (Phi) is 7.94. The third-order valence-corrected chi connectivity index (χ3v) is 10.6. The van der Waals surface area contributed by atoms with Gasteiger partial charge in [0.15, 0.2) is 11.2 Å². The van der Waals surface area contributed by atoms with Crippen LogP contribution in [0.25, 0.3) is 21.9 Å². The monoisotopic (exact) mass is 651 g/mol. The summed E-state index contributed by atoms with van der Waals surface area (Å²) in [6.45, 7) is 13.1. The Hall–Kier alpha value is -2.30. The van der Waals surface area contributed by atoms with Gasteiger partial charge in [-0.25, -0.2) is 0 Å². The van der Waals surface area contributed by atoms with Crippen LogP contribution in [0, 0.1) is 27.7 Å². The zero-order valence-electron chi connectivity index (χ0n) is 22.5. The van der Waals surface area contributed by atoms with Gasteiger partial charge in [0, 0.05) is 22.9 Å². The second-order valence-corrected chi connectivity index (χ2v) is 13.0. The van der Waals surface area contributed by atoms with Gasteiger partial charge < -0.3 is 8.39 Å². The Morgan fingerprint density at radius 2 is 1.00 bits per heavy atom. The molecule has 0 bridgehead atoms. The smallest absolute Gasteiger partial charge is 0.310 e. The van der Waals surface area contributed by atoms with Crippen molar-refractivity contribution in [2.75, 3.05) is 4.67 Å². The molecule has 196 valence electrons. The van der Waals surface area contributed by atoms with E-state index in [9.17, 15) is 0 Å². The number of nitrogens with zero attached hydrogens (tertiary/aromatic N) is 1. The Labute approximate surface area is 242 Å². The van der Waals surface area contributed by atoms with Crippen molar-refractivity contribution >= 4 is 62.0 Å². The molecule has 3 nitrogen and oxygen atoms in total. The van der Waals surface area contributed by atoms with Crippen molar-refractivity contribution in [3.63, 3.8) is 0 Å². The van der Waals surface area contributed by atoms with E-state index < -0.39 is 8.16 Å². The van der Waals surface area contributed by atoms with Crippen molar-refractivity contribution < 1.29 is 8.39 Å². The summed E-state index contributed by atoms with van der Waals surface area (Å²) in [6.07, 6.45) is 0. The van der Waals surface area contributed by atoms with Crippen molar-refractivity contribution in [1.29, 1.82) is 0 Å². The molecule has 5 rings (SSSR count). The van der Waals surface area contributed by atoms with E-state index in [0.717, 1.165) is 30.9 Å². The van der Waals surface area contributed by atoms with Crippen LogP contribution in [0.1, 0.15) is 59.3 Å². The zero-order chi connectivity index (χ0) is 27.1. The molecule has 2 atom stereocenters. The van der Waals surface area contributed by atoms with Crippen LogP contribution in [0.2, 0.25) is 0 Å². The van der Waals surface area contributed by atoms with E-state index >= 15 is 0 Å². The number of hydrogen-bond donors (Lipinski definition) is 0. The molecule has 0 saturated carbocycles. The van der Waals surface area contributed by atoms with Crippen molar-refractivity contribution in [2.45, 2.75) is 53.6 Å². The molecule has 0 aliphatic carbocycles. The molecule has 0 N–H and O–H groups in total. The first-order chi connectivity index (χ1) is 18.2. The lowest BCUT2D eigenvalue weighted by Crippen LogP contribution is -2.27. The molecule has 6 heteroatoms. The molecule has 0 spiro atoms. The summed E-state index contributed by atoms with van der Waals surface area (Å²) in [5.74, 6) is 0. The lowest BCUT2D eigenvalue weighted by atomic mass is 9.97. The molecule has 0 radical (unpaired) electrons. The number of benzene rings is 4. The van der Waals surface area contributed by atoms with E-state index in [1.54, 1.807) is 0 Å². The molecule has 38 heavy (non-hydrogen) atoms. The molecule has 4 aromatic carbocycles. The summed E-state index contributed by atoms with van der Waals surface area (Å²) in [5, 5.41) is 2.19. The van der Waals surface area contributed by atoms with Crippen LogP contribution < -0.4 is 4.67 Å². The SMILES string of the molecule is Cc1cc(Br)c2op(N([C@H](C)c3ccccc3)[C@H](C)c3ccccc3)oc3c(Br)cc(C)c(C)c3c2c1C. The van der Waals surface area contributed by atoms with Gasteiger partial charge >= 0.3 is 8.16 Å². The maximum absolute atomic E-state index is 7.00. The van der Waals surface area contributed by atoms with Gasteiger partial charge in [-0.1, -0.05) is 60.7 Å². The quantitative estimate of drug-likeness (QED) is 0.189. The molecule has 1 heterocycles. The van der Waals surface area contributed by atoms with E-state index in [-0.39, 0.29) is 12.1 Å². The van der Waals surface area contributed by atoms with Crippen molar-refractivity contribution in [1.82, 2.24) is 0 Å². The summed E-state index contributed by atoms with van der Waals surface area (Å²) in [6, 6.07) is 25.6. The Morgan fingerprint density at radius 3 is 1.37 bits per heavy atom. The van der Waals surface area contributed by atoms with Crippen LogP contribution in [0.15, 0.2) is 90.1 Å². The summed E-state index contributed by atoms with van der Waals surface area (Å²) >= 11 is 7.71. The number of rotatable bonds is 5. The predicted octanol–water partition coefficient (Wildman–Crippen LogP) is 11.5. The van der Waals surface area contributed by atoms with Crippen LogP contribution in [0.3, 0.4) is 0 Å².